The van der Waals surface area contributed by atoms with Crippen LogP contribution in [0.15, 0.2) is 18.2 Å². The van der Waals surface area contributed by atoms with E-state index in [2.05, 4.69) is 19.9 Å². The number of ether oxygens (including phenoxy) is 2. The summed E-state index contributed by atoms with van der Waals surface area (Å²) in [6.45, 7) is 3.25. The number of methoxy groups -OCH3 is 1. The van der Waals surface area contributed by atoms with Gasteiger partial charge in [0.15, 0.2) is 5.82 Å². The first kappa shape index (κ1) is 24.5. The van der Waals surface area contributed by atoms with E-state index >= 15 is 0 Å². The first-order valence-corrected chi connectivity index (χ1v) is 13.2. The maximum atomic E-state index is 14.2. The molecule has 194 valence electrons. The van der Waals surface area contributed by atoms with E-state index < -0.39 is 22.3 Å². The summed E-state index contributed by atoms with van der Waals surface area (Å²) in [5.74, 6) is 0.445. The highest BCUT2D eigenvalue weighted by molar-refractivity contribution is 7.88. The van der Waals surface area contributed by atoms with Gasteiger partial charge in [-0.3, -0.25) is 4.57 Å². The van der Waals surface area contributed by atoms with Gasteiger partial charge in [0.1, 0.15) is 11.3 Å². The predicted molar refractivity (Wildman–Crippen MR) is 128 cm³/mol. The molecule has 15 heteroatoms. The molecule has 0 amide bonds. The van der Waals surface area contributed by atoms with Crippen molar-refractivity contribution in [1.29, 1.82) is 0 Å². The number of alkyl halides is 2. The molecule has 36 heavy (non-hydrogen) atoms. The third-order valence-electron chi connectivity index (χ3n) is 6.17. The fraction of sp³-hybridized carbons (Fsp3) is 0.524. The van der Waals surface area contributed by atoms with Gasteiger partial charge in [-0.1, -0.05) is 6.07 Å². The van der Waals surface area contributed by atoms with Crippen LogP contribution < -0.4 is 14.5 Å². The smallest absolute Gasteiger partial charge is 0.296 e. The van der Waals surface area contributed by atoms with E-state index in [4.69, 9.17) is 9.47 Å². The number of rotatable bonds is 6. The number of fused-ring (bicyclic) bond motifs is 1. The van der Waals surface area contributed by atoms with Crippen molar-refractivity contribution in [3.8, 4) is 11.7 Å². The normalized spacial score (nSPS) is 17.8. The van der Waals surface area contributed by atoms with Gasteiger partial charge in [0.25, 0.3) is 6.43 Å². The molecule has 0 saturated carbocycles. The molecule has 0 spiro atoms. The van der Waals surface area contributed by atoms with Crippen LogP contribution in [0.3, 0.4) is 0 Å². The van der Waals surface area contributed by atoms with Crippen molar-refractivity contribution in [2.45, 2.75) is 6.43 Å². The van der Waals surface area contributed by atoms with Gasteiger partial charge in [0.2, 0.25) is 27.9 Å². The lowest BCUT2D eigenvalue weighted by Crippen LogP contribution is -2.49. The number of nitrogens with zero attached hydrogens (tertiary/aromatic N) is 8. The number of hydrogen-bond donors (Lipinski definition) is 0. The zero-order valence-corrected chi connectivity index (χ0v) is 20.7. The van der Waals surface area contributed by atoms with Crippen LogP contribution in [0, 0.1) is 0 Å². The number of benzene rings is 1. The number of piperazine rings is 1. The molecule has 2 aromatic heterocycles. The third-order valence-corrected chi connectivity index (χ3v) is 7.48. The maximum absolute atomic E-state index is 14.2. The van der Waals surface area contributed by atoms with Gasteiger partial charge in [-0.15, -0.1) is 0 Å². The molecule has 2 saturated heterocycles. The van der Waals surface area contributed by atoms with Crippen molar-refractivity contribution in [3.05, 3.63) is 24.0 Å². The number of aromatic nitrogens is 5. The highest BCUT2D eigenvalue weighted by Gasteiger charge is 2.29. The van der Waals surface area contributed by atoms with Gasteiger partial charge >= 0.3 is 0 Å². The average Bonchev–Trinajstić information content (AvgIpc) is 3.29. The van der Waals surface area contributed by atoms with E-state index in [1.807, 2.05) is 9.80 Å². The monoisotopic (exact) mass is 524 g/mol. The predicted octanol–water partition coefficient (Wildman–Crippen LogP) is 1.07. The second kappa shape index (κ2) is 9.71. The lowest BCUT2D eigenvalue weighted by molar-refractivity contribution is 0.122. The molecule has 0 atom stereocenters. The topological polar surface area (TPSA) is 119 Å². The highest BCUT2D eigenvalue weighted by Crippen LogP contribution is 2.32. The summed E-state index contributed by atoms with van der Waals surface area (Å²) >= 11 is 0. The second-order valence-electron chi connectivity index (χ2n) is 8.42. The minimum absolute atomic E-state index is 0.00177. The van der Waals surface area contributed by atoms with Gasteiger partial charge in [0.05, 0.1) is 32.1 Å². The van der Waals surface area contributed by atoms with E-state index in [0.29, 0.717) is 56.6 Å². The summed E-state index contributed by atoms with van der Waals surface area (Å²) in [7, 11) is -1.87. The Bertz CT molecular complexity index is 1360. The van der Waals surface area contributed by atoms with E-state index in [-0.39, 0.29) is 30.5 Å². The molecular weight excluding hydrogens is 498 g/mol. The first-order valence-electron chi connectivity index (χ1n) is 11.4. The fourth-order valence-corrected chi connectivity index (χ4v) is 5.15. The molecule has 0 unspecified atom stereocenters. The number of anilines is 2. The number of hydrogen-bond acceptors (Lipinski definition) is 10. The summed E-state index contributed by atoms with van der Waals surface area (Å²) in [6.07, 6.45) is -1.72. The van der Waals surface area contributed by atoms with Gasteiger partial charge in [0, 0.05) is 39.3 Å². The molecule has 0 N–H and O–H groups in total. The Morgan fingerprint density at radius 3 is 2.11 bits per heavy atom. The zero-order valence-electron chi connectivity index (χ0n) is 19.8. The van der Waals surface area contributed by atoms with E-state index in [9.17, 15) is 17.2 Å². The van der Waals surface area contributed by atoms with Crippen LogP contribution in [-0.4, -0.2) is 103 Å². The third kappa shape index (κ3) is 4.65. The summed E-state index contributed by atoms with van der Waals surface area (Å²) in [5, 5.41) is 0. The van der Waals surface area contributed by atoms with E-state index in [1.54, 1.807) is 18.2 Å². The number of halogens is 2. The van der Waals surface area contributed by atoms with Gasteiger partial charge in [-0.05, 0) is 12.1 Å². The Morgan fingerprint density at radius 2 is 1.53 bits per heavy atom. The van der Waals surface area contributed by atoms with Crippen molar-refractivity contribution >= 4 is 33.0 Å². The highest BCUT2D eigenvalue weighted by atomic mass is 32.2. The van der Waals surface area contributed by atoms with Crippen LogP contribution >= 0.6 is 0 Å². The minimum atomic E-state index is -3.32. The van der Waals surface area contributed by atoms with Crippen molar-refractivity contribution in [2.24, 2.45) is 0 Å². The second-order valence-corrected chi connectivity index (χ2v) is 10.4. The number of para-hydroxylation sites is 1. The molecule has 2 fully saturated rings. The number of sulfonamides is 1. The molecule has 0 aliphatic carbocycles. The van der Waals surface area contributed by atoms with Gasteiger partial charge in [-0.2, -0.15) is 19.3 Å². The summed E-state index contributed by atoms with van der Waals surface area (Å²) in [5.41, 5.74) is 0.642. The summed E-state index contributed by atoms with van der Waals surface area (Å²) in [4.78, 5) is 21.6. The SMILES string of the molecule is COc1cccc2c1nc(C(F)F)n2-c1nc(N2CCOCC2)nc(N2CCN(S(C)(=O)=O)CC2)n1. The van der Waals surface area contributed by atoms with Crippen molar-refractivity contribution in [3.63, 3.8) is 0 Å². The standard InChI is InChI=1S/C21H26F2N8O4S/c1-34-15-5-3-4-14-16(15)24-18(17(22)23)31(14)21-26-19(25-20(27-21)29-10-12-35-13-11-29)28-6-8-30(9-7-28)36(2,32)33/h3-5,17H,6-13H2,1-2H3. The van der Waals surface area contributed by atoms with Gasteiger partial charge < -0.3 is 19.3 Å². The molecule has 4 heterocycles. The van der Waals surface area contributed by atoms with Crippen LogP contribution in [-0.2, 0) is 14.8 Å². The molecule has 2 aliphatic heterocycles. The van der Waals surface area contributed by atoms with Crippen molar-refractivity contribution < 1.29 is 26.7 Å². The molecule has 5 rings (SSSR count). The lowest BCUT2D eigenvalue weighted by Gasteiger charge is -2.34. The Kier molecular flexibility index (Phi) is 6.61. The molecule has 3 aromatic rings. The molecule has 0 radical (unpaired) electrons. The largest absolute Gasteiger partial charge is 0.494 e. The number of imidazole rings is 1. The molecule has 2 aliphatic rings. The number of morpholine rings is 1. The first-order chi connectivity index (χ1) is 17.3. The van der Waals surface area contributed by atoms with Gasteiger partial charge in [-0.25, -0.2) is 22.2 Å². The molecule has 12 nitrogen and oxygen atoms in total. The fourth-order valence-electron chi connectivity index (χ4n) is 4.32. The summed E-state index contributed by atoms with van der Waals surface area (Å²) < 4.78 is 65.6. The summed E-state index contributed by atoms with van der Waals surface area (Å²) in [6, 6.07) is 4.98. The zero-order chi connectivity index (χ0) is 25.4. The quantitative estimate of drug-likeness (QED) is 0.463. The van der Waals surface area contributed by atoms with Crippen molar-refractivity contribution in [1.82, 2.24) is 28.8 Å². The Morgan fingerprint density at radius 1 is 0.917 bits per heavy atom. The van der Waals surface area contributed by atoms with E-state index in [0.717, 1.165) is 0 Å². The van der Waals surface area contributed by atoms with E-state index in [1.165, 1.54) is 22.2 Å². The Balaban J connectivity index is 1.63. The van der Waals surface area contributed by atoms with Crippen LogP contribution in [0.2, 0.25) is 0 Å². The average molecular weight is 525 g/mol. The van der Waals surface area contributed by atoms with Crippen LogP contribution in [0.4, 0.5) is 20.7 Å². The minimum Gasteiger partial charge on any atom is -0.494 e. The molecule has 1 aromatic carbocycles. The Labute approximate surface area is 206 Å². The Hall–Kier alpha value is -3.17. The van der Waals surface area contributed by atoms with Crippen LogP contribution in [0.1, 0.15) is 12.2 Å². The van der Waals surface area contributed by atoms with Crippen LogP contribution in [0.5, 0.6) is 5.75 Å². The maximum Gasteiger partial charge on any atom is 0.296 e. The molecular formula is C21H26F2N8O4S. The van der Waals surface area contributed by atoms with Crippen LogP contribution in [0.25, 0.3) is 17.0 Å². The lowest BCUT2D eigenvalue weighted by atomic mass is 10.3. The van der Waals surface area contributed by atoms with Crippen molar-refractivity contribution in [2.75, 3.05) is 75.6 Å². The molecule has 0 bridgehead atoms.